The predicted molar refractivity (Wildman–Crippen MR) is 113 cm³/mol. The Morgan fingerprint density at radius 2 is 2.07 bits per heavy atom. The Bertz CT molecular complexity index is 1030. The third-order valence-corrected chi connectivity index (χ3v) is 5.98. The van der Waals surface area contributed by atoms with Gasteiger partial charge in [0.25, 0.3) is 11.8 Å². The maximum absolute atomic E-state index is 13.3. The van der Waals surface area contributed by atoms with E-state index in [1.807, 2.05) is 37.3 Å². The number of hydrogen-bond acceptors (Lipinski definition) is 3. The van der Waals surface area contributed by atoms with Gasteiger partial charge in [0.05, 0.1) is 0 Å². The normalized spacial score (nSPS) is 23.6. The number of nitrogens with zero attached hydrogens (tertiary/aromatic N) is 1. The maximum atomic E-state index is 13.3. The topological polar surface area (TPSA) is 74.4 Å². The molecular weight excluding hydrogens is 366 g/mol. The zero-order valence-corrected chi connectivity index (χ0v) is 17.2. The van der Waals surface area contributed by atoms with Crippen LogP contribution in [0.5, 0.6) is 0 Å². The SMILES string of the molecule is C=CC(C)(C)c1[nH]c2ccccc2c1/C=C1\NC(=O)[C@@]2(OCC)CCCN2C1=O. The van der Waals surface area contributed by atoms with Gasteiger partial charge in [0.15, 0.2) is 0 Å². The summed E-state index contributed by atoms with van der Waals surface area (Å²) in [5.41, 5.74) is 1.58. The van der Waals surface area contributed by atoms with Crippen LogP contribution in [0.3, 0.4) is 0 Å². The lowest BCUT2D eigenvalue weighted by molar-refractivity contribution is -0.182. The van der Waals surface area contributed by atoms with Gasteiger partial charge in [-0.25, -0.2) is 0 Å². The van der Waals surface area contributed by atoms with Crippen molar-refractivity contribution >= 4 is 28.8 Å². The summed E-state index contributed by atoms with van der Waals surface area (Å²) in [6.07, 6.45) is 4.93. The Labute approximate surface area is 170 Å². The smallest absolute Gasteiger partial charge is 0.278 e. The largest absolute Gasteiger partial charge is 0.357 e. The van der Waals surface area contributed by atoms with E-state index in [0.29, 0.717) is 19.6 Å². The molecule has 0 saturated carbocycles. The molecule has 0 aliphatic carbocycles. The van der Waals surface area contributed by atoms with Gasteiger partial charge in [-0.1, -0.05) is 38.1 Å². The summed E-state index contributed by atoms with van der Waals surface area (Å²) < 4.78 is 5.77. The molecule has 0 spiro atoms. The number of carbonyl (C=O) groups excluding carboxylic acids is 2. The van der Waals surface area contributed by atoms with Crippen LogP contribution < -0.4 is 5.32 Å². The summed E-state index contributed by atoms with van der Waals surface area (Å²) in [4.78, 5) is 31.3. The number of ether oxygens (including phenoxy) is 1. The number of aromatic amines is 1. The molecule has 4 rings (SSSR count). The number of nitrogens with one attached hydrogen (secondary N) is 2. The van der Waals surface area contributed by atoms with Crippen molar-refractivity contribution in [2.45, 2.75) is 44.8 Å². The average molecular weight is 393 g/mol. The van der Waals surface area contributed by atoms with Crippen molar-refractivity contribution in [2.75, 3.05) is 13.2 Å². The van der Waals surface area contributed by atoms with Gasteiger partial charge in [-0.05, 0) is 25.5 Å². The third kappa shape index (κ3) is 2.90. The zero-order valence-electron chi connectivity index (χ0n) is 17.2. The van der Waals surface area contributed by atoms with Crippen molar-refractivity contribution in [2.24, 2.45) is 0 Å². The number of piperazine rings is 1. The van der Waals surface area contributed by atoms with Gasteiger partial charge in [0.1, 0.15) is 5.70 Å². The van der Waals surface area contributed by atoms with Gasteiger partial charge in [-0.3, -0.25) is 9.59 Å². The van der Waals surface area contributed by atoms with Crippen LogP contribution in [0.2, 0.25) is 0 Å². The number of hydrogen-bond donors (Lipinski definition) is 2. The van der Waals surface area contributed by atoms with Crippen LogP contribution in [0, 0.1) is 0 Å². The molecule has 0 radical (unpaired) electrons. The molecule has 152 valence electrons. The highest BCUT2D eigenvalue weighted by molar-refractivity contribution is 6.10. The molecule has 6 nitrogen and oxygen atoms in total. The first-order valence-corrected chi connectivity index (χ1v) is 10.1. The van der Waals surface area contributed by atoms with E-state index in [1.54, 1.807) is 11.0 Å². The molecule has 0 bridgehead atoms. The second-order valence-corrected chi connectivity index (χ2v) is 8.17. The van der Waals surface area contributed by atoms with Crippen molar-refractivity contribution in [1.82, 2.24) is 15.2 Å². The number of amides is 2. The molecule has 2 N–H and O–H groups in total. The molecule has 6 heteroatoms. The monoisotopic (exact) mass is 393 g/mol. The summed E-state index contributed by atoms with van der Waals surface area (Å²) in [6, 6.07) is 7.94. The van der Waals surface area contributed by atoms with Gasteiger partial charge in [-0.15, -0.1) is 6.58 Å². The Balaban J connectivity index is 1.84. The highest BCUT2D eigenvalue weighted by Crippen LogP contribution is 2.37. The number of allylic oxidation sites excluding steroid dienone is 1. The van der Waals surface area contributed by atoms with E-state index in [9.17, 15) is 9.59 Å². The Hall–Kier alpha value is -2.86. The molecule has 2 saturated heterocycles. The van der Waals surface area contributed by atoms with Crippen molar-refractivity contribution in [3.8, 4) is 0 Å². The summed E-state index contributed by atoms with van der Waals surface area (Å²) in [6.45, 7) is 10.8. The zero-order chi connectivity index (χ0) is 20.8. The van der Waals surface area contributed by atoms with Gasteiger partial charge in [0.2, 0.25) is 5.72 Å². The van der Waals surface area contributed by atoms with Gasteiger partial charge >= 0.3 is 0 Å². The van der Waals surface area contributed by atoms with Gasteiger partial charge in [-0.2, -0.15) is 0 Å². The van der Waals surface area contributed by atoms with E-state index >= 15 is 0 Å². The Kier molecular flexibility index (Phi) is 4.62. The Morgan fingerprint density at radius 1 is 1.31 bits per heavy atom. The summed E-state index contributed by atoms with van der Waals surface area (Å²) in [5.74, 6) is -0.477. The van der Waals surface area contributed by atoms with Crippen LogP contribution >= 0.6 is 0 Å². The first-order chi connectivity index (χ1) is 13.8. The third-order valence-electron chi connectivity index (χ3n) is 5.98. The standard InChI is InChI=1S/C23H27N3O3/c1-5-22(3,4)19-16(15-10-7-8-11-17(15)24-19)14-18-20(27)26-13-9-12-23(26,29-6-2)21(28)25-18/h5,7-8,10-11,14,24H,1,6,9,12-13H2,2-4H3,(H,25,28)/b18-14-/t23-/m0/s1. The molecular formula is C23H27N3O3. The quantitative estimate of drug-likeness (QED) is 0.603. The highest BCUT2D eigenvalue weighted by atomic mass is 16.5. The molecule has 1 aromatic heterocycles. The maximum Gasteiger partial charge on any atom is 0.278 e. The fourth-order valence-corrected chi connectivity index (χ4v) is 4.33. The van der Waals surface area contributed by atoms with Gasteiger partial charge in [0, 0.05) is 47.1 Å². The number of para-hydroxylation sites is 1. The minimum absolute atomic E-state index is 0.205. The molecule has 2 amide bonds. The van der Waals surface area contributed by atoms with Crippen LogP contribution in [0.15, 0.2) is 42.6 Å². The summed E-state index contributed by atoms with van der Waals surface area (Å²) in [5, 5.41) is 3.82. The van der Waals surface area contributed by atoms with Crippen LogP contribution in [-0.4, -0.2) is 40.6 Å². The second kappa shape index (κ2) is 6.88. The molecule has 2 aromatic rings. The first-order valence-electron chi connectivity index (χ1n) is 10.1. The minimum Gasteiger partial charge on any atom is -0.357 e. The van der Waals surface area contributed by atoms with Crippen LogP contribution in [0.4, 0.5) is 0 Å². The lowest BCUT2D eigenvalue weighted by atomic mass is 9.86. The van der Waals surface area contributed by atoms with E-state index in [-0.39, 0.29) is 22.9 Å². The Morgan fingerprint density at radius 3 is 2.79 bits per heavy atom. The van der Waals surface area contributed by atoms with E-state index < -0.39 is 5.72 Å². The minimum atomic E-state index is -1.17. The molecule has 29 heavy (non-hydrogen) atoms. The van der Waals surface area contributed by atoms with E-state index in [4.69, 9.17) is 4.74 Å². The van der Waals surface area contributed by atoms with Crippen LogP contribution in [0.25, 0.3) is 17.0 Å². The number of benzene rings is 1. The molecule has 0 unspecified atom stereocenters. The predicted octanol–water partition coefficient (Wildman–Crippen LogP) is 3.46. The molecule has 2 fully saturated rings. The lowest BCUT2D eigenvalue weighted by Gasteiger charge is -2.40. The number of fused-ring (bicyclic) bond motifs is 2. The number of aromatic nitrogens is 1. The summed E-state index contributed by atoms with van der Waals surface area (Å²) in [7, 11) is 0. The van der Waals surface area contributed by atoms with Crippen molar-refractivity contribution in [3.63, 3.8) is 0 Å². The molecule has 1 atom stereocenters. The van der Waals surface area contributed by atoms with Crippen molar-refractivity contribution in [1.29, 1.82) is 0 Å². The first kappa shape index (κ1) is 19.5. The fraction of sp³-hybridized carbons (Fsp3) is 0.391. The highest BCUT2D eigenvalue weighted by Gasteiger charge is 2.55. The van der Waals surface area contributed by atoms with E-state index in [1.165, 1.54) is 0 Å². The molecule has 2 aliphatic rings. The van der Waals surface area contributed by atoms with Gasteiger partial charge < -0.3 is 19.9 Å². The lowest BCUT2D eigenvalue weighted by Crippen LogP contribution is -2.64. The van der Waals surface area contributed by atoms with Crippen LogP contribution in [0.1, 0.15) is 44.9 Å². The average Bonchev–Trinajstić information content (AvgIpc) is 3.30. The number of H-pyrrole nitrogens is 1. The van der Waals surface area contributed by atoms with Crippen LogP contribution in [-0.2, 0) is 19.7 Å². The van der Waals surface area contributed by atoms with E-state index in [2.05, 4.69) is 30.7 Å². The molecule has 2 aliphatic heterocycles. The van der Waals surface area contributed by atoms with Crippen molar-refractivity contribution in [3.05, 3.63) is 53.9 Å². The molecule has 1 aromatic carbocycles. The fourth-order valence-electron chi connectivity index (χ4n) is 4.33. The van der Waals surface area contributed by atoms with Crippen molar-refractivity contribution < 1.29 is 14.3 Å². The van der Waals surface area contributed by atoms with E-state index in [0.717, 1.165) is 28.6 Å². The number of carbonyl (C=O) groups is 2. The number of rotatable bonds is 5. The second-order valence-electron chi connectivity index (χ2n) is 8.17. The molecule has 3 heterocycles. The summed E-state index contributed by atoms with van der Waals surface area (Å²) >= 11 is 0.